The summed E-state index contributed by atoms with van der Waals surface area (Å²) < 4.78 is 11.1. The van der Waals surface area contributed by atoms with Crippen LogP contribution in [0.5, 0.6) is 0 Å². The molecule has 14 heavy (non-hydrogen) atoms. The number of ether oxygens (including phenoxy) is 2. The molecule has 0 spiro atoms. The minimum atomic E-state index is 0.0156. The van der Waals surface area contributed by atoms with Gasteiger partial charge >= 0.3 is 0 Å². The predicted molar refractivity (Wildman–Crippen MR) is 58.6 cm³/mol. The molecule has 0 saturated carbocycles. The Morgan fingerprint density at radius 1 is 1.00 bits per heavy atom. The molecule has 0 rings (SSSR count). The molecule has 0 N–H and O–H groups in total. The van der Waals surface area contributed by atoms with Gasteiger partial charge in [0, 0.05) is 20.3 Å². The van der Waals surface area contributed by atoms with Crippen molar-refractivity contribution in [3.63, 3.8) is 0 Å². The number of hydrogen-bond donors (Lipinski definition) is 0. The van der Waals surface area contributed by atoms with Crippen LogP contribution in [0.2, 0.25) is 0 Å². The third-order valence-electron chi connectivity index (χ3n) is 2.06. The molecule has 0 heterocycles. The highest BCUT2D eigenvalue weighted by Crippen LogP contribution is 2.07. The van der Waals surface area contributed by atoms with Gasteiger partial charge in [0.2, 0.25) is 0 Å². The van der Waals surface area contributed by atoms with Crippen molar-refractivity contribution in [1.82, 2.24) is 4.90 Å². The Hall–Kier alpha value is -0.120. The van der Waals surface area contributed by atoms with E-state index in [9.17, 15) is 0 Å². The molecule has 1 radical (unpaired) electrons. The first-order valence-corrected chi connectivity index (χ1v) is 5.45. The Bertz CT molecular complexity index is 116. The zero-order valence-electron chi connectivity index (χ0n) is 9.95. The quantitative estimate of drug-likeness (QED) is 0.565. The Kier molecular flexibility index (Phi) is 8.14. The van der Waals surface area contributed by atoms with Gasteiger partial charge in [-0.1, -0.05) is 13.8 Å². The van der Waals surface area contributed by atoms with Crippen LogP contribution in [-0.2, 0) is 9.47 Å². The van der Waals surface area contributed by atoms with Crippen LogP contribution in [-0.4, -0.2) is 30.6 Å². The second kappa shape index (κ2) is 8.21. The SMILES string of the molecule is [CH2]N(C(C)OCCC)C(C)OCCC. The molecule has 3 nitrogen and oxygen atoms in total. The van der Waals surface area contributed by atoms with E-state index in [1.54, 1.807) is 0 Å². The van der Waals surface area contributed by atoms with E-state index >= 15 is 0 Å². The molecule has 0 saturated heterocycles. The van der Waals surface area contributed by atoms with Gasteiger partial charge in [-0.05, 0) is 26.7 Å². The first-order chi connectivity index (χ1) is 6.63. The molecular formula is C11H24NO2. The van der Waals surface area contributed by atoms with E-state index in [0.29, 0.717) is 0 Å². The third-order valence-corrected chi connectivity index (χ3v) is 2.06. The molecule has 2 unspecified atom stereocenters. The molecule has 0 amide bonds. The second-order valence-electron chi connectivity index (χ2n) is 3.45. The van der Waals surface area contributed by atoms with E-state index in [-0.39, 0.29) is 12.5 Å². The normalized spacial score (nSPS) is 15.9. The van der Waals surface area contributed by atoms with E-state index in [2.05, 4.69) is 20.9 Å². The summed E-state index contributed by atoms with van der Waals surface area (Å²) in [6, 6.07) is 0. The minimum Gasteiger partial charge on any atom is -0.363 e. The van der Waals surface area contributed by atoms with Crippen LogP contribution in [0.4, 0.5) is 0 Å². The zero-order valence-corrected chi connectivity index (χ0v) is 9.95. The fraction of sp³-hybridized carbons (Fsp3) is 0.909. The number of hydrogen-bond acceptors (Lipinski definition) is 3. The molecule has 0 aliphatic rings. The average molecular weight is 202 g/mol. The van der Waals surface area contributed by atoms with Gasteiger partial charge in [-0.25, -0.2) is 0 Å². The molecule has 2 atom stereocenters. The van der Waals surface area contributed by atoms with Crippen LogP contribution in [0.25, 0.3) is 0 Å². The van der Waals surface area contributed by atoms with Crippen LogP contribution >= 0.6 is 0 Å². The molecular weight excluding hydrogens is 178 g/mol. The van der Waals surface area contributed by atoms with Gasteiger partial charge in [-0.2, -0.15) is 0 Å². The standard InChI is InChI=1S/C11H24NO2/c1-6-8-13-10(3)12(5)11(4)14-9-7-2/h10-11H,5-9H2,1-4H3. The average Bonchev–Trinajstić information content (AvgIpc) is 2.21. The second-order valence-corrected chi connectivity index (χ2v) is 3.45. The highest BCUT2D eigenvalue weighted by atomic mass is 16.5. The highest BCUT2D eigenvalue weighted by Gasteiger charge is 2.15. The zero-order chi connectivity index (χ0) is 11.0. The summed E-state index contributed by atoms with van der Waals surface area (Å²) in [6.07, 6.45) is 2.09. The predicted octanol–water partition coefficient (Wildman–Crippen LogP) is 2.63. The lowest BCUT2D eigenvalue weighted by molar-refractivity contribution is -0.117. The van der Waals surface area contributed by atoms with E-state index in [1.165, 1.54) is 0 Å². The van der Waals surface area contributed by atoms with Crippen molar-refractivity contribution in [2.45, 2.75) is 53.0 Å². The van der Waals surface area contributed by atoms with Crippen molar-refractivity contribution in [3.05, 3.63) is 7.05 Å². The molecule has 3 heteroatoms. The van der Waals surface area contributed by atoms with Crippen LogP contribution in [0.15, 0.2) is 0 Å². The van der Waals surface area contributed by atoms with Crippen LogP contribution < -0.4 is 0 Å². The summed E-state index contributed by atoms with van der Waals surface area (Å²) in [5.41, 5.74) is 0. The molecule has 0 aromatic carbocycles. The van der Waals surface area contributed by atoms with Gasteiger partial charge in [0.15, 0.2) is 0 Å². The topological polar surface area (TPSA) is 21.7 Å². The molecule has 0 aliphatic heterocycles. The van der Waals surface area contributed by atoms with Gasteiger partial charge in [0.25, 0.3) is 0 Å². The van der Waals surface area contributed by atoms with Crippen molar-refractivity contribution in [1.29, 1.82) is 0 Å². The fourth-order valence-electron chi connectivity index (χ4n) is 1.06. The first kappa shape index (κ1) is 13.9. The van der Waals surface area contributed by atoms with Crippen LogP contribution in [0, 0.1) is 7.05 Å². The van der Waals surface area contributed by atoms with Crippen molar-refractivity contribution in [3.8, 4) is 0 Å². The number of nitrogens with zero attached hydrogens (tertiary/aromatic N) is 1. The summed E-state index contributed by atoms with van der Waals surface area (Å²) in [4.78, 5) is 1.85. The maximum absolute atomic E-state index is 5.54. The van der Waals surface area contributed by atoms with Gasteiger partial charge in [0.1, 0.15) is 12.5 Å². The molecule has 0 aromatic rings. The maximum atomic E-state index is 5.54. The monoisotopic (exact) mass is 202 g/mol. The summed E-state index contributed by atoms with van der Waals surface area (Å²) in [6.45, 7) is 9.72. The van der Waals surface area contributed by atoms with E-state index in [1.807, 2.05) is 18.7 Å². The van der Waals surface area contributed by atoms with Gasteiger partial charge in [0.05, 0.1) is 0 Å². The Morgan fingerprint density at radius 2 is 1.36 bits per heavy atom. The first-order valence-electron chi connectivity index (χ1n) is 5.45. The molecule has 0 bridgehead atoms. The summed E-state index contributed by atoms with van der Waals surface area (Å²) in [7, 11) is 3.93. The molecule has 0 fully saturated rings. The fourth-order valence-corrected chi connectivity index (χ4v) is 1.06. The molecule has 0 aromatic heterocycles. The van der Waals surface area contributed by atoms with Crippen molar-refractivity contribution < 1.29 is 9.47 Å². The van der Waals surface area contributed by atoms with Crippen molar-refractivity contribution >= 4 is 0 Å². The highest BCUT2D eigenvalue weighted by molar-refractivity contribution is 4.59. The minimum absolute atomic E-state index is 0.0156. The number of rotatable bonds is 8. The Labute approximate surface area is 88.4 Å². The summed E-state index contributed by atoms with van der Waals surface area (Å²) in [5.74, 6) is 0. The van der Waals surface area contributed by atoms with Gasteiger partial charge < -0.3 is 9.47 Å². The van der Waals surface area contributed by atoms with Crippen LogP contribution in [0.3, 0.4) is 0 Å². The van der Waals surface area contributed by atoms with Crippen molar-refractivity contribution in [2.75, 3.05) is 13.2 Å². The van der Waals surface area contributed by atoms with Crippen LogP contribution in [0.1, 0.15) is 40.5 Å². The van der Waals surface area contributed by atoms with E-state index < -0.39 is 0 Å². The van der Waals surface area contributed by atoms with Gasteiger partial charge in [-0.15, -0.1) is 0 Å². The van der Waals surface area contributed by atoms with Gasteiger partial charge in [-0.3, -0.25) is 4.90 Å². The molecule has 85 valence electrons. The lowest BCUT2D eigenvalue weighted by Crippen LogP contribution is -2.38. The third kappa shape index (κ3) is 5.58. The lowest BCUT2D eigenvalue weighted by Gasteiger charge is -2.30. The molecule has 0 aliphatic carbocycles. The largest absolute Gasteiger partial charge is 0.363 e. The summed E-state index contributed by atoms with van der Waals surface area (Å²) in [5, 5.41) is 0. The smallest absolute Gasteiger partial charge is 0.109 e. The Morgan fingerprint density at radius 3 is 1.64 bits per heavy atom. The lowest BCUT2D eigenvalue weighted by atomic mass is 10.4. The maximum Gasteiger partial charge on any atom is 0.109 e. The summed E-state index contributed by atoms with van der Waals surface area (Å²) >= 11 is 0. The van der Waals surface area contributed by atoms with Crippen molar-refractivity contribution in [2.24, 2.45) is 0 Å². The van der Waals surface area contributed by atoms with E-state index in [0.717, 1.165) is 26.1 Å². The Balaban J connectivity index is 3.72. The van der Waals surface area contributed by atoms with E-state index in [4.69, 9.17) is 9.47 Å².